The number of rotatable bonds is 3. The average Bonchev–Trinajstić information content (AvgIpc) is 2.18. The first-order valence-electron chi connectivity index (χ1n) is 5.73. The smallest absolute Gasteiger partial charge is 0.283 e. The first-order valence-corrected chi connectivity index (χ1v) is 6.52. The van der Waals surface area contributed by atoms with Gasteiger partial charge < -0.3 is 10.2 Å². The lowest BCUT2D eigenvalue weighted by atomic mass is 10.1. The second-order valence-electron chi connectivity index (χ2n) is 4.61. The van der Waals surface area contributed by atoms with E-state index in [0.717, 1.165) is 18.8 Å². The maximum absolute atomic E-state index is 12.1. The van der Waals surface area contributed by atoms with E-state index in [1.165, 1.54) is 4.68 Å². The van der Waals surface area contributed by atoms with Gasteiger partial charge in [0.15, 0.2) is 0 Å². The van der Waals surface area contributed by atoms with Crippen LogP contribution in [0.3, 0.4) is 0 Å². The van der Waals surface area contributed by atoms with Crippen LogP contribution in [0.5, 0.6) is 0 Å². The van der Waals surface area contributed by atoms with E-state index in [1.807, 2.05) is 20.9 Å². The lowest BCUT2D eigenvalue weighted by molar-refractivity contribution is 0.426. The molecule has 0 aliphatic carbocycles. The largest absolute Gasteiger partial charge is 0.367 e. The van der Waals surface area contributed by atoms with Crippen molar-refractivity contribution in [2.24, 2.45) is 0 Å². The average molecular weight is 301 g/mol. The van der Waals surface area contributed by atoms with Gasteiger partial charge in [-0.15, -0.1) is 0 Å². The summed E-state index contributed by atoms with van der Waals surface area (Å²) in [7, 11) is 1.99. The summed E-state index contributed by atoms with van der Waals surface area (Å²) >= 11 is 3.39. The summed E-state index contributed by atoms with van der Waals surface area (Å²) in [6, 6.07) is 0.519. The molecule has 0 atom stereocenters. The molecule has 1 saturated heterocycles. The number of aromatic nitrogens is 2. The number of nitrogens with one attached hydrogen (secondary N) is 1. The molecule has 1 N–H and O–H groups in total. The molecule has 1 aromatic rings. The lowest BCUT2D eigenvalue weighted by Gasteiger charge is -2.37. The molecule has 1 aromatic heterocycles. The Morgan fingerprint density at radius 3 is 2.71 bits per heavy atom. The van der Waals surface area contributed by atoms with E-state index in [-0.39, 0.29) is 11.6 Å². The monoisotopic (exact) mass is 300 g/mol. The fraction of sp³-hybridized carbons (Fsp3) is 0.636. The molecule has 0 amide bonds. The highest BCUT2D eigenvalue weighted by atomic mass is 79.9. The van der Waals surface area contributed by atoms with Crippen LogP contribution in [-0.2, 0) is 0 Å². The predicted octanol–water partition coefficient (Wildman–Crippen LogP) is 0.995. The molecule has 0 spiro atoms. The Kier molecular flexibility index (Phi) is 3.53. The fourth-order valence-electron chi connectivity index (χ4n) is 1.79. The molecule has 2 heterocycles. The minimum atomic E-state index is -0.0726. The molecule has 2 rings (SSSR count). The Bertz CT molecular complexity index is 467. The zero-order valence-electron chi connectivity index (χ0n) is 10.3. The summed E-state index contributed by atoms with van der Waals surface area (Å²) < 4.78 is 2.08. The van der Waals surface area contributed by atoms with Crippen molar-refractivity contribution in [1.29, 1.82) is 0 Å². The summed E-state index contributed by atoms with van der Waals surface area (Å²) in [5.74, 6) is 0. The zero-order valence-corrected chi connectivity index (χ0v) is 11.9. The maximum Gasteiger partial charge on any atom is 0.283 e. The van der Waals surface area contributed by atoms with Gasteiger partial charge in [-0.05, 0) is 29.8 Å². The third-order valence-electron chi connectivity index (χ3n) is 3.10. The van der Waals surface area contributed by atoms with Crippen molar-refractivity contribution in [3.8, 4) is 0 Å². The van der Waals surface area contributed by atoms with Crippen LogP contribution >= 0.6 is 15.9 Å². The zero-order chi connectivity index (χ0) is 12.6. The lowest BCUT2D eigenvalue weighted by Crippen LogP contribution is -2.56. The van der Waals surface area contributed by atoms with Crippen LogP contribution in [0.25, 0.3) is 0 Å². The van der Waals surface area contributed by atoms with Crippen molar-refractivity contribution < 1.29 is 0 Å². The highest BCUT2D eigenvalue weighted by Crippen LogP contribution is 2.23. The van der Waals surface area contributed by atoms with E-state index in [0.29, 0.717) is 10.5 Å². The molecule has 1 aliphatic heterocycles. The predicted molar refractivity (Wildman–Crippen MR) is 71.6 cm³/mol. The summed E-state index contributed by atoms with van der Waals surface area (Å²) in [5, 5.41) is 7.43. The maximum atomic E-state index is 12.1. The topological polar surface area (TPSA) is 50.2 Å². The number of halogens is 1. The van der Waals surface area contributed by atoms with Gasteiger partial charge in [0.2, 0.25) is 0 Å². The molecule has 0 radical (unpaired) electrons. The van der Waals surface area contributed by atoms with Gasteiger partial charge >= 0.3 is 0 Å². The van der Waals surface area contributed by atoms with Gasteiger partial charge in [-0.2, -0.15) is 5.10 Å². The van der Waals surface area contributed by atoms with Crippen molar-refractivity contribution >= 4 is 21.6 Å². The highest BCUT2D eigenvalue weighted by Gasteiger charge is 2.24. The summed E-state index contributed by atoms with van der Waals surface area (Å²) in [5.41, 5.74) is 0.787. The molecule has 1 aliphatic rings. The van der Waals surface area contributed by atoms with E-state index in [1.54, 1.807) is 6.20 Å². The third kappa shape index (κ3) is 2.24. The van der Waals surface area contributed by atoms with Gasteiger partial charge in [0.1, 0.15) is 4.47 Å². The van der Waals surface area contributed by atoms with Crippen molar-refractivity contribution in [2.75, 3.05) is 25.0 Å². The Hall–Kier alpha value is -0.880. The molecule has 0 aromatic carbocycles. The second-order valence-corrected chi connectivity index (χ2v) is 5.40. The van der Waals surface area contributed by atoms with Gasteiger partial charge in [-0.25, -0.2) is 4.68 Å². The highest BCUT2D eigenvalue weighted by molar-refractivity contribution is 9.10. The minimum Gasteiger partial charge on any atom is -0.367 e. The first kappa shape index (κ1) is 12.6. The van der Waals surface area contributed by atoms with E-state index < -0.39 is 0 Å². The van der Waals surface area contributed by atoms with E-state index in [9.17, 15) is 4.79 Å². The van der Waals surface area contributed by atoms with Crippen LogP contribution in [0.4, 0.5) is 5.69 Å². The summed E-state index contributed by atoms with van der Waals surface area (Å²) in [6.07, 6.45) is 1.75. The molecule has 94 valence electrons. The van der Waals surface area contributed by atoms with Crippen LogP contribution in [-0.4, -0.2) is 36.0 Å². The van der Waals surface area contributed by atoms with E-state index >= 15 is 0 Å². The Morgan fingerprint density at radius 2 is 2.24 bits per heavy atom. The molecular weight excluding hydrogens is 284 g/mol. The molecule has 17 heavy (non-hydrogen) atoms. The summed E-state index contributed by atoms with van der Waals surface area (Å²) in [6.45, 7) is 5.80. The van der Waals surface area contributed by atoms with Gasteiger partial charge in [0.05, 0.1) is 24.0 Å². The Labute approximate surface area is 109 Å². The Morgan fingerprint density at radius 1 is 1.59 bits per heavy atom. The molecule has 0 unspecified atom stereocenters. The van der Waals surface area contributed by atoms with Gasteiger partial charge in [0, 0.05) is 20.1 Å². The Balaban J connectivity index is 2.36. The van der Waals surface area contributed by atoms with Crippen molar-refractivity contribution in [3.63, 3.8) is 0 Å². The molecule has 5 nitrogen and oxygen atoms in total. The molecule has 6 heteroatoms. The van der Waals surface area contributed by atoms with Crippen LogP contribution in [0.1, 0.15) is 19.9 Å². The van der Waals surface area contributed by atoms with Crippen LogP contribution in [0, 0.1) is 0 Å². The van der Waals surface area contributed by atoms with Crippen LogP contribution < -0.4 is 15.8 Å². The molecular formula is C11H17BrN4O. The quantitative estimate of drug-likeness (QED) is 0.905. The molecule has 1 fully saturated rings. The second kappa shape index (κ2) is 4.78. The first-order chi connectivity index (χ1) is 8.02. The number of anilines is 1. The SMILES string of the molecule is CC(C)n1ncc(N(C)C2CNC2)c(Br)c1=O. The third-order valence-corrected chi connectivity index (χ3v) is 3.85. The molecule has 0 saturated carbocycles. The van der Waals surface area contributed by atoms with Gasteiger partial charge in [0.25, 0.3) is 5.56 Å². The number of hydrogen-bond donors (Lipinski definition) is 1. The normalized spacial score (nSPS) is 16.1. The minimum absolute atomic E-state index is 0.0726. The number of hydrogen-bond acceptors (Lipinski definition) is 4. The van der Waals surface area contributed by atoms with Crippen LogP contribution in [0.2, 0.25) is 0 Å². The van der Waals surface area contributed by atoms with Crippen LogP contribution in [0.15, 0.2) is 15.5 Å². The van der Waals surface area contributed by atoms with E-state index in [4.69, 9.17) is 0 Å². The fourth-order valence-corrected chi connectivity index (χ4v) is 2.36. The van der Waals surface area contributed by atoms with E-state index in [2.05, 4.69) is 31.2 Å². The van der Waals surface area contributed by atoms with Crippen molar-refractivity contribution in [2.45, 2.75) is 25.9 Å². The van der Waals surface area contributed by atoms with Gasteiger partial charge in [-0.1, -0.05) is 0 Å². The standard InChI is InChI=1S/C11H17BrN4O/c1-7(2)16-11(17)10(12)9(6-14-16)15(3)8-4-13-5-8/h6-8,13H,4-5H2,1-3H3. The molecule has 0 bridgehead atoms. The van der Waals surface area contributed by atoms with Crippen molar-refractivity contribution in [1.82, 2.24) is 15.1 Å². The van der Waals surface area contributed by atoms with Gasteiger partial charge in [-0.3, -0.25) is 4.79 Å². The van der Waals surface area contributed by atoms with Crippen molar-refractivity contribution in [3.05, 3.63) is 21.0 Å². The number of likely N-dealkylation sites (N-methyl/N-ethyl adjacent to an activating group) is 1. The number of nitrogens with zero attached hydrogens (tertiary/aromatic N) is 3. The summed E-state index contributed by atoms with van der Waals surface area (Å²) in [4.78, 5) is 14.2.